The van der Waals surface area contributed by atoms with E-state index in [1.807, 2.05) is 6.08 Å². The number of hydrogen-bond donors (Lipinski definition) is 1. The van der Waals surface area contributed by atoms with Crippen LogP contribution in [0.25, 0.3) is 0 Å². The predicted molar refractivity (Wildman–Crippen MR) is 53.4 cm³/mol. The summed E-state index contributed by atoms with van der Waals surface area (Å²) in [6, 6.07) is 1.05. The number of rotatable bonds is 7. The van der Waals surface area contributed by atoms with Crippen LogP contribution in [0.2, 0.25) is 0 Å². The van der Waals surface area contributed by atoms with Gasteiger partial charge < -0.3 is 10.1 Å². The molecule has 2 unspecified atom stereocenters. The molecule has 0 rings (SSSR count). The van der Waals surface area contributed by atoms with Gasteiger partial charge in [0.05, 0.1) is 0 Å². The van der Waals surface area contributed by atoms with Crippen molar-refractivity contribution >= 4 is 0 Å². The standard InChI is InChI=1S/C10H21NO/c1-5-6-9(2)11-10(3)7-8-12-4/h5,9-11H,1,6-8H2,2-4H3. The van der Waals surface area contributed by atoms with E-state index in [9.17, 15) is 0 Å². The molecule has 2 atom stereocenters. The summed E-state index contributed by atoms with van der Waals surface area (Å²) in [5.41, 5.74) is 0. The van der Waals surface area contributed by atoms with Crippen LogP contribution in [-0.2, 0) is 4.74 Å². The lowest BCUT2D eigenvalue weighted by Crippen LogP contribution is -2.34. The maximum Gasteiger partial charge on any atom is 0.0476 e. The highest BCUT2D eigenvalue weighted by molar-refractivity contribution is 4.76. The van der Waals surface area contributed by atoms with E-state index in [1.165, 1.54) is 0 Å². The van der Waals surface area contributed by atoms with Gasteiger partial charge in [-0.3, -0.25) is 0 Å². The molecule has 0 fully saturated rings. The molecule has 0 spiro atoms. The van der Waals surface area contributed by atoms with Crippen molar-refractivity contribution in [3.05, 3.63) is 12.7 Å². The molecule has 0 aliphatic carbocycles. The van der Waals surface area contributed by atoms with Crippen molar-refractivity contribution in [2.24, 2.45) is 0 Å². The minimum absolute atomic E-state index is 0.523. The quantitative estimate of drug-likeness (QED) is 0.591. The Kier molecular flexibility index (Phi) is 7.11. The van der Waals surface area contributed by atoms with Gasteiger partial charge in [0.25, 0.3) is 0 Å². The molecule has 12 heavy (non-hydrogen) atoms. The van der Waals surface area contributed by atoms with Crippen LogP contribution in [0.1, 0.15) is 26.7 Å². The second-order valence-electron chi connectivity index (χ2n) is 3.27. The van der Waals surface area contributed by atoms with Crippen LogP contribution in [0, 0.1) is 0 Å². The molecule has 0 amide bonds. The van der Waals surface area contributed by atoms with Gasteiger partial charge in [0, 0.05) is 25.8 Å². The van der Waals surface area contributed by atoms with Crippen molar-refractivity contribution < 1.29 is 4.74 Å². The van der Waals surface area contributed by atoms with Crippen LogP contribution < -0.4 is 5.32 Å². The highest BCUT2D eigenvalue weighted by atomic mass is 16.5. The lowest BCUT2D eigenvalue weighted by molar-refractivity contribution is 0.183. The van der Waals surface area contributed by atoms with Crippen molar-refractivity contribution in [3.63, 3.8) is 0 Å². The van der Waals surface area contributed by atoms with E-state index in [0.717, 1.165) is 19.4 Å². The first-order valence-electron chi connectivity index (χ1n) is 4.56. The largest absolute Gasteiger partial charge is 0.385 e. The van der Waals surface area contributed by atoms with Gasteiger partial charge in [0.2, 0.25) is 0 Å². The van der Waals surface area contributed by atoms with Gasteiger partial charge >= 0.3 is 0 Å². The Hall–Kier alpha value is -0.340. The van der Waals surface area contributed by atoms with Gasteiger partial charge in [-0.15, -0.1) is 6.58 Å². The molecule has 0 saturated heterocycles. The van der Waals surface area contributed by atoms with E-state index in [0.29, 0.717) is 12.1 Å². The molecule has 1 N–H and O–H groups in total. The van der Waals surface area contributed by atoms with E-state index in [1.54, 1.807) is 7.11 Å². The lowest BCUT2D eigenvalue weighted by atomic mass is 10.2. The molecule has 72 valence electrons. The molecule has 0 aromatic heterocycles. The average molecular weight is 171 g/mol. The number of nitrogens with one attached hydrogen (secondary N) is 1. The zero-order chi connectivity index (χ0) is 9.40. The summed E-state index contributed by atoms with van der Waals surface area (Å²) in [4.78, 5) is 0. The van der Waals surface area contributed by atoms with E-state index in [2.05, 4.69) is 25.7 Å². The number of ether oxygens (including phenoxy) is 1. The van der Waals surface area contributed by atoms with Crippen molar-refractivity contribution in [3.8, 4) is 0 Å². The number of methoxy groups -OCH3 is 1. The Bertz CT molecular complexity index is 114. The highest BCUT2D eigenvalue weighted by Gasteiger charge is 2.04. The predicted octanol–water partition coefficient (Wildman–Crippen LogP) is 1.97. The fourth-order valence-corrected chi connectivity index (χ4v) is 1.18. The SMILES string of the molecule is C=CCC(C)NC(C)CCOC. The van der Waals surface area contributed by atoms with Crippen LogP contribution in [-0.4, -0.2) is 25.8 Å². The smallest absolute Gasteiger partial charge is 0.0476 e. The van der Waals surface area contributed by atoms with E-state index < -0.39 is 0 Å². The van der Waals surface area contributed by atoms with Crippen molar-refractivity contribution in [2.45, 2.75) is 38.8 Å². The van der Waals surface area contributed by atoms with E-state index in [4.69, 9.17) is 4.74 Å². The van der Waals surface area contributed by atoms with Crippen LogP contribution in [0.5, 0.6) is 0 Å². The molecular weight excluding hydrogens is 150 g/mol. The molecule has 0 aliphatic rings. The van der Waals surface area contributed by atoms with Gasteiger partial charge in [-0.2, -0.15) is 0 Å². The normalized spacial score (nSPS) is 15.6. The monoisotopic (exact) mass is 171 g/mol. The maximum atomic E-state index is 4.99. The van der Waals surface area contributed by atoms with Crippen molar-refractivity contribution in [1.29, 1.82) is 0 Å². The van der Waals surface area contributed by atoms with Crippen LogP contribution in [0.15, 0.2) is 12.7 Å². The topological polar surface area (TPSA) is 21.3 Å². The maximum absolute atomic E-state index is 4.99. The summed E-state index contributed by atoms with van der Waals surface area (Å²) in [6.45, 7) is 8.88. The third-order valence-corrected chi connectivity index (χ3v) is 1.84. The average Bonchev–Trinajstić information content (AvgIpc) is 2.01. The van der Waals surface area contributed by atoms with Gasteiger partial charge in [-0.05, 0) is 26.7 Å². The Morgan fingerprint density at radius 2 is 2.08 bits per heavy atom. The molecule has 0 heterocycles. The Morgan fingerprint density at radius 3 is 2.58 bits per heavy atom. The second-order valence-corrected chi connectivity index (χ2v) is 3.27. The summed E-state index contributed by atoms with van der Waals surface area (Å²) in [7, 11) is 1.74. The summed E-state index contributed by atoms with van der Waals surface area (Å²) >= 11 is 0. The second kappa shape index (κ2) is 7.32. The Morgan fingerprint density at radius 1 is 1.42 bits per heavy atom. The molecule has 0 aromatic carbocycles. The molecule has 0 aliphatic heterocycles. The fourth-order valence-electron chi connectivity index (χ4n) is 1.18. The van der Waals surface area contributed by atoms with Gasteiger partial charge in [0.15, 0.2) is 0 Å². The van der Waals surface area contributed by atoms with Crippen LogP contribution >= 0.6 is 0 Å². The zero-order valence-corrected chi connectivity index (χ0v) is 8.47. The Labute approximate surface area is 76.0 Å². The minimum Gasteiger partial charge on any atom is -0.385 e. The minimum atomic E-state index is 0.523. The molecule has 0 radical (unpaired) electrons. The van der Waals surface area contributed by atoms with Gasteiger partial charge in [-0.25, -0.2) is 0 Å². The van der Waals surface area contributed by atoms with Gasteiger partial charge in [-0.1, -0.05) is 6.08 Å². The molecule has 2 heteroatoms. The van der Waals surface area contributed by atoms with E-state index in [-0.39, 0.29) is 0 Å². The van der Waals surface area contributed by atoms with Crippen LogP contribution in [0.4, 0.5) is 0 Å². The number of hydrogen-bond acceptors (Lipinski definition) is 2. The molecular formula is C10H21NO. The van der Waals surface area contributed by atoms with Gasteiger partial charge in [0.1, 0.15) is 0 Å². The van der Waals surface area contributed by atoms with Crippen molar-refractivity contribution in [1.82, 2.24) is 5.32 Å². The summed E-state index contributed by atoms with van der Waals surface area (Å²) in [5, 5.41) is 3.46. The first-order chi connectivity index (χ1) is 5.70. The fraction of sp³-hybridized carbons (Fsp3) is 0.800. The zero-order valence-electron chi connectivity index (χ0n) is 8.47. The van der Waals surface area contributed by atoms with E-state index >= 15 is 0 Å². The molecule has 2 nitrogen and oxygen atoms in total. The lowest BCUT2D eigenvalue weighted by Gasteiger charge is -2.18. The highest BCUT2D eigenvalue weighted by Crippen LogP contribution is 1.97. The molecule has 0 saturated carbocycles. The third-order valence-electron chi connectivity index (χ3n) is 1.84. The molecule has 0 bridgehead atoms. The third kappa shape index (κ3) is 6.38. The first kappa shape index (κ1) is 11.7. The molecule has 0 aromatic rings. The van der Waals surface area contributed by atoms with Crippen LogP contribution in [0.3, 0.4) is 0 Å². The first-order valence-corrected chi connectivity index (χ1v) is 4.56. The summed E-state index contributed by atoms with van der Waals surface area (Å²) < 4.78 is 4.99. The Balaban J connectivity index is 3.39. The summed E-state index contributed by atoms with van der Waals surface area (Å²) in [6.07, 6.45) is 4.04. The van der Waals surface area contributed by atoms with Crippen molar-refractivity contribution in [2.75, 3.05) is 13.7 Å². The summed E-state index contributed by atoms with van der Waals surface area (Å²) in [5.74, 6) is 0.